The van der Waals surface area contributed by atoms with Gasteiger partial charge in [0, 0.05) is 18.7 Å². The van der Waals surface area contributed by atoms with Crippen LogP contribution < -0.4 is 5.32 Å². The molecule has 0 radical (unpaired) electrons. The summed E-state index contributed by atoms with van der Waals surface area (Å²) in [6.07, 6.45) is 3.26. The van der Waals surface area contributed by atoms with Gasteiger partial charge < -0.3 is 10.4 Å². The number of halogens is 1. The maximum absolute atomic E-state index is 12.0. The number of aliphatic hydroxyl groups is 1. The molecule has 0 unspecified atom stereocenters. The van der Waals surface area contributed by atoms with E-state index in [4.69, 9.17) is 11.6 Å². The zero-order valence-corrected chi connectivity index (χ0v) is 12.1. The lowest BCUT2D eigenvalue weighted by atomic mass is 9.93. The second kappa shape index (κ2) is 5.92. The Bertz CT molecular complexity index is 465. The van der Waals surface area contributed by atoms with E-state index in [1.54, 1.807) is 11.7 Å². The maximum atomic E-state index is 12.0. The van der Waals surface area contributed by atoms with Crippen molar-refractivity contribution in [2.45, 2.75) is 51.2 Å². The van der Waals surface area contributed by atoms with Crippen molar-refractivity contribution in [3.05, 3.63) is 16.4 Å². The molecule has 19 heavy (non-hydrogen) atoms. The van der Waals surface area contributed by atoms with Crippen LogP contribution in [0.2, 0.25) is 5.15 Å². The molecule has 1 fully saturated rings. The molecule has 0 aliphatic heterocycles. The van der Waals surface area contributed by atoms with Gasteiger partial charge in [-0.15, -0.1) is 0 Å². The molecule has 0 saturated heterocycles. The van der Waals surface area contributed by atoms with Crippen LogP contribution >= 0.6 is 11.6 Å². The van der Waals surface area contributed by atoms with E-state index in [9.17, 15) is 9.90 Å². The normalized spacial score (nSPS) is 23.4. The summed E-state index contributed by atoms with van der Waals surface area (Å²) in [6.45, 7) is 1.85. The summed E-state index contributed by atoms with van der Waals surface area (Å²) >= 11 is 6.11. The molecule has 1 aliphatic carbocycles. The molecule has 0 bridgehead atoms. The molecule has 1 heterocycles. The van der Waals surface area contributed by atoms with Crippen molar-refractivity contribution in [2.75, 3.05) is 0 Å². The Balaban J connectivity index is 1.91. The highest BCUT2D eigenvalue weighted by Gasteiger charge is 2.22. The molecule has 1 amide bonds. The van der Waals surface area contributed by atoms with Crippen molar-refractivity contribution in [2.24, 2.45) is 7.05 Å². The molecular weight excluding hydrogens is 266 g/mol. The first-order valence-electron chi connectivity index (χ1n) is 6.62. The molecule has 2 rings (SSSR count). The van der Waals surface area contributed by atoms with Gasteiger partial charge in [-0.05, 0) is 32.6 Å². The smallest absolute Gasteiger partial charge is 0.224 e. The number of hydrogen-bond acceptors (Lipinski definition) is 3. The van der Waals surface area contributed by atoms with Crippen LogP contribution in [0.25, 0.3) is 0 Å². The first-order chi connectivity index (χ1) is 8.97. The summed E-state index contributed by atoms with van der Waals surface area (Å²) in [7, 11) is 1.76. The van der Waals surface area contributed by atoms with Gasteiger partial charge in [0.15, 0.2) is 0 Å². The van der Waals surface area contributed by atoms with Crippen molar-refractivity contribution in [1.82, 2.24) is 15.1 Å². The van der Waals surface area contributed by atoms with Crippen LogP contribution in [-0.2, 0) is 18.3 Å². The molecule has 0 atom stereocenters. The van der Waals surface area contributed by atoms with Crippen LogP contribution in [0.5, 0.6) is 0 Å². The zero-order chi connectivity index (χ0) is 14.0. The number of carbonyl (C=O) groups excluding carboxylic acids is 1. The number of nitrogens with zero attached hydrogens (tertiary/aromatic N) is 2. The summed E-state index contributed by atoms with van der Waals surface area (Å²) in [5.41, 5.74) is 1.58. The Morgan fingerprint density at radius 1 is 1.47 bits per heavy atom. The van der Waals surface area contributed by atoms with E-state index in [1.165, 1.54) is 0 Å². The molecule has 5 nitrogen and oxygen atoms in total. The van der Waals surface area contributed by atoms with Gasteiger partial charge in [0.25, 0.3) is 0 Å². The zero-order valence-electron chi connectivity index (χ0n) is 11.3. The summed E-state index contributed by atoms with van der Waals surface area (Å²) in [5, 5.41) is 17.1. The van der Waals surface area contributed by atoms with E-state index in [1.807, 2.05) is 6.92 Å². The van der Waals surface area contributed by atoms with Gasteiger partial charge in [0.05, 0.1) is 18.2 Å². The van der Waals surface area contributed by atoms with Crippen molar-refractivity contribution in [3.63, 3.8) is 0 Å². The fourth-order valence-corrected chi connectivity index (χ4v) is 2.78. The number of hydrogen-bond donors (Lipinski definition) is 2. The van der Waals surface area contributed by atoms with Crippen LogP contribution in [0, 0.1) is 6.92 Å². The summed E-state index contributed by atoms with van der Waals surface area (Å²) in [5.74, 6) is -0.0283. The van der Waals surface area contributed by atoms with Crippen LogP contribution in [0.3, 0.4) is 0 Å². The molecular formula is C13H20ClN3O2. The number of nitrogens with one attached hydrogen (secondary N) is 1. The first-order valence-corrected chi connectivity index (χ1v) is 7.00. The standard InChI is InChI=1S/C13H20ClN3O2/c1-8-11(13(14)17(2)16-8)7-12(19)15-9-3-5-10(18)6-4-9/h9-10,18H,3-7H2,1-2H3,(H,15,19). The van der Waals surface area contributed by atoms with E-state index < -0.39 is 0 Å². The Labute approximate surface area is 117 Å². The third kappa shape index (κ3) is 3.48. The molecule has 1 aromatic rings. The van der Waals surface area contributed by atoms with E-state index in [0.717, 1.165) is 36.9 Å². The monoisotopic (exact) mass is 285 g/mol. The van der Waals surface area contributed by atoms with Crippen LogP contribution in [0.15, 0.2) is 0 Å². The van der Waals surface area contributed by atoms with Gasteiger partial charge in [0.2, 0.25) is 5.91 Å². The number of rotatable bonds is 3. The highest BCUT2D eigenvalue weighted by molar-refractivity contribution is 6.30. The van der Waals surface area contributed by atoms with Gasteiger partial charge in [-0.3, -0.25) is 9.48 Å². The summed E-state index contributed by atoms with van der Waals surface area (Å²) in [6, 6.07) is 0.173. The highest BCUT2D eigenvalue weighted by atomic mass is 35.5. The van der Waals surface area contributed by atoms with Gasteiger partial charge in [-0.1, -0.05) is 11.6 Å². The predicted octanol–water partition coefficient (Wildman–Crippen LogP) is 1.34. The van der Waals surface area contributed by atoms with Crippen LogP contribution in [0.4, 0.5) is 0 Å². The second-order valence-electron chi connectivity index (χ2n) is 5.23. The molecule has 1 aliphatic rings. The van der Waals surface area contributed by atoms with E-state index >= 15 is 0 Å². The fourth-order valence-electron chi connectivity index (χ4n) is 2.53. The largest absolute Gasteiger partial charge is 0.393 e. The van der Waals surface area contributed by atoms with Crippen molar-refractivity contribution in [1.29, 1.82) is 0 Å². The Hall–Kier alpha value is -1.07. The molecule has 1 aromatic heterocycles. The third-order valence-electron chi connectivity index (χ3n) is 3.67. The molecule has 2 N–H and O–H groups in total. The first kappa shape index (κ1) is 14.3. The van der Waals surface area contributed by atoms with E-state index in [0.29, 0.717) is 5.15 Å². The number of aliphatic hydroxyl groups excluding tert-OH is 1. The maximum Gasteiger partial charge on any atom is 0.224 e. The average molecular weight is 286 g/mol. The van der Waals surface area contributed by atoms with Crippen molar-refractivity contribution >= 4 is 17.5 Å². The second-order valence-corrected chi connectivity index (χ2v) is 5.59. The molecule has 0 spiro atoms. The SMILES string of the molecule is Cc1nn(C)c(Cl)c1CC(=O)NC1CCC(O)CC1. The molecule has 0 aromatic carbocycles. The van der Waals surface area contributed by atoms with E-state index in [2.05, 4.69) is 10.4 Å². The number of amides is 1. The topological polar surface area (TPSA) is 67.2 Å². The highest BCUT2D eigenvalue weighted by Crippen LogP contribution is 2.21. The Kier molecular flexibility index (Phi) is 4.47. The number of aromatic nitrogens is 2. The fraction of sp³-hybridized carbons (Fsp3) is 0.692. The van der Waals surface area contributed by atoms with Gasteiger partial charge in [-0.25, -0.2) is 0 Å². The van der Waals surface area contributed by atoms with Crippen LogP contribution in [-0.4, -0.2) is 32.9 Å². The minimum Gasteiger partial charge on any atom is -0.393 e. The molecule has 106 valence electrons. The third-order valence-corrected chi connectivity index (χ3v) is 4.14. The Morgan fingerprint density at radius 3 is 2.63 bits per heavy atom. The lowest BCUT2D eigenvalue weighted by Crippen LogP contribution is -2.39. The molecule has 6 heteroatoms. The lowest BCUT2D eigenvalue weighted by Gasteiger charge is -2.26. The Morgan fingerprint density at radius 2 is 2.11 bits per heavy atom. The predicted molar refractivity (Wildman–Crippen MR) is 73.1 cm³/mol. The summed E-state index contributed by atoms with van der Waals surface area (Å²) < 4.78 is 1.58. The average Bonchev–Trinajstić information content (AvgIpc) is 2.59. The van der Waals surface area contributed by atoms with Gasteiger partial charge in [0.1, 0.15) is 5.15 Å². The minimum absolute atomic E-state index is 0.0283. The van der Waals surface area contributed by atoms with Crippen LogP contribution in [0.1, 0.15) is 36.9 Å². The van der Waals surface area contributed by atoms with Crippen molar-refractivity contribution in [3.8, 4) is 0 Å². The summed E-state index contributed by atoms with van der Waals surface area (Å²) in [4.78, 5) is 12.0. The van der Waals surface area contributed by atoms with Gasteiger partial charge in [-0.2, -0.15) is 5.10 Å². The number of aryl methyl sites for hydroxylation is 2. The quantitative estimate of drug-likeness (QED) is 0.881. The minimum atomic E-state index is -0.205. The lowest BCUT2D eigenvalue weighted by molar-refractivity contribution is -0.121. The van der Waals surface area contributed by atoms with E-state index in [-0.39, 0.29) is 24.5 Å². The van der Waals surface area contributed by atoms with Crippen molar-refractivity contribution < 1.29 is 9.90 Å². The molecule has 1 saturated carbocycles. The van der Waals surface area contributed by atoms with Gasteiger partial charge >= 0.3 is 0 Å². The number of carbonyl (C=O) groups is 1.